The fraction of sp³-hybridized carbons (Fsp3) is 0.833. The first kappa shape index (κ1) is 43.5. The van der Waals surface area contributed by atoms with Crippen LogP contribution in [-0.4, -0.2) is 41.0 Å². The van der Waals surface area contributed by atoms with Crippen molar-refractivity contribution in [3.63, 3.8) is 0 Å². The van der Waals surface area contributed by atoms with Crippen LogP contribution in [0.15, 0.2) is 24.3 Å². The Morgan fingerprint density at radius 2 is 1.00 bits per heavy atom. The Hall–Kier alpha value is -1.47. The molecule has 9 heteroatoms. The lowest BCUT2D eigenvalue weighted by atomic mass is 10.1. The summed E-state index contributed by atoms with van der Waals surface area (Å²) in [5, 5.41) is 0. The molecular formula is C36H67O8P. The van der Waals surface area contributed by atoms with Gasteiger partial charge < -0.3 is 19.3 Å². The summed E-state index contributed by atoms with van der Waals surface area (Å²) < 4.78 is 26.2. The van der Waals surface area contributed by atoms with Crippen LogP contribution < -0.4 is 0 Å². The minimum absolute atomic E-state index is 0.213. The van der Waals surface area contributed by atoms with Crippen LogP contribution in [0, 0.1) is 0 Å². The van der Waals surface area contributed by atoms with Gasteiger partial charge in [-0.3, -0.25) is 14.1 Å². The monoisotopic (exact) mass is 658 g/mol. The Morgan fingerprint density at radius 3 is 1.51 bits per heavy atom. The molecule has 0 aromatic carbocycles. The summed E-state index contributed by atoms with van der Waals surface area (Å²) in [6, 6.07) is 0. The van der Waals surface area contributed by atoms with Crippen LogP contribution >= 0.6 is 7.82 Å². The Labute approximate surface area is 275 Å². The standard InChI is InChI=1S/C36H67O8P/c1-3-5-7-9-11-13-15-16-17-18-19-20-21-23-24-26-28-30-35(37)42-32-34(33-43-45(39,40)41)44-36(38)31-29-27-25-22-14-12-10-8-6-4-2/h11,13,16-17,34H,3-10,12,14-15,18-33H2,1-2H3,(H2,39,40,41)/b13-11-,17-16-/t34-/m1/s1. The second-order valence-corrected chi connectivity index (χ2v) is 13.4. The van der Waals surface area contributed by atoms with Crippen LogP contribution in [0.5, 0.6) is 0 Å². The summed E-state index contributed by atoms with van der Waals surface area (Å²) in [4.78, 5) is 42.6. The second kappa shape index (κ2) is 32.5. The molecule has 0 aromatic heterocycles. The van der Waals surface area contributed by atoms with Gasteiger partial charge in [0.25, 0.3) is 0 Å². The Morgan fingerprint density at radius 1 is 0.578 bits per heavy atom. The van der Waals surface area contributed by atoms with Crippen molar-refractivity contribution in [1.82, 2.24) is 0 Å². The van der Waals surface area contributed by atoms with E-state index in [1.54, 1.807) is 0 Å². The van der Waals surface area contributed by atoms with E-state index in [0.717, 1.165) is 57.8 Å². The first-order chi connectivity index (χ1) is 21.8. The van der Waals surface area contributed by atoms with Crippen molar-refractivity contribution in [2.45, 2.75) is 180 Å². The van der Waals surface area contributed by atoms with Gasteiger partial charge in [0, 0.05) is 12.8 Å². The smallest absolute Gasteiger partial charge is 0.462 e. The van der Waals surface area contributed by atoms with Crippen molar-refractivity contribution in [3.05, 3.63) is 24.3 Å². The molecule has 8 nitrogen and oxygen atoms in total. The number of phosphoric ester groups is 1. The first-order valence-electron chi connectivity index (χ1n) is 18.1. The first-order valence-corrected chi connectivity index (χ1v) is 19.7. The maximum absolute atomic E-state index is 12.3. The van der Waals surface area contributed by atoms with Crippen molar-refractivity contribution in [1.29, 1.82) is 0 Å². The highest BCUT2D eigenvalue weighted by atomic mass is 31.2. The molecule has 1 atom stereocenters. The number of rotatable bonds is 33. The van der Waals surface area contributed by atoms with Gasteiger partial charge in [-0.25, -0.2) is 4.57 Å². The number of carbonyl (C=O) groups excluding carboxylic acids is 2. The predicted octanol–water partition coefficient (Wildman–Crippen LogP) is 10.5. The van der Waals surface area contributed by atoms with Crippen LogP contribution in [0.2, 0.25) is 0 Å². The Balaban J connectivity index is 3.95. The minimum Gasteiger partial charge on any atom is -0.462 e. The minimum atomic E-state index is -4.74. The van der Waals surface area contributed by atoms with Crippen molar-refractivity contribution < 1.29 is 37.9 Å². The van der Waals surface area contributed by atoms with E-state index in [0.29, 0.717) is 6.42 Å². The van der Waals surface area contributed by atoms with Crippen LogP contribution in [-0.2, 0) is 28.2 Å². The van der Waals surface area contributed by atoms with Gasteiger partial charge >= 0.3 is 19.8 Å². The average molecular weight is 659 g/mol. The van der Waals surface area contributed by atoms with Crippen LogP contribution in [0.3, 0.4) is 0 Å². The van der Waals surface area contributed by atoms with Gasteiger partial charge in [0.05, 0.1) is 6.61 Å². The van der Waals surface area contributed by atoms with Gasteiger partial charge in [-0.1, -0.05) is 141 Å². The zero-order chi connectivity index (χ0) is 33.3. The van der Waals surface area contributed by atoms with Gasteiger partial charge in [-0.2, -0.15) is 0 Å². The molecule has 0 aliphatic rings. The molecule has 0 saturated carbocycles. The summed E-state index contributed by atoms with van der Waals surface area (Å²) in [7, 11) is -4.74. The number of ether oxygens (including phenoxy) is 2. The van der Waals surface area contributed by atoms with E-state index in [1.807, 2.05) is 0 Å². The third kappa shape index (κ3) is 35.2. The van der Waals surface area contributed by atoms with Gasteiger partial charge in [0.1, 0.15) is 6.61 Å². The number of phosphoric acid groups is 1. The second-order valence-electron chi connectivity index (χ2n) is 12.2. The van der Waals surface area contributed by atoms with Gasteiger partial charge in [0.15, 0.2) is 6.10 Å². The number of unbranched alkanes of at least 4 members (excludes halogenated alkanes) is 19. The molecule has 0 saturated heterocycles. The van der Waals surface area contributed by atoms with E-state index < -0.39 is 32.5 Å². The maximum Gasteiger partial charge on any atom is 0.469 e. The van der Waals surface area contributed by atoms with Gasteiger partial charge in [-0.05, 0) is 44.9 Å². The third-order valence-electron chi connectivity index (χ3n) is 7.72. The summed E-state index contributed by atoms with van der Waals surface area (Å²) in [6.07, 6.45) is 34.7. The van der Waals surface area contributed by atoms with Gasteiger partial charge in [-0.15, -0.1) is 0 Å². The summed E-state index contributed by atoms with van der Waals surface area (Å²) in [5.74, 6) is -0.893. The highest BCUT2D eigenvalue weighted by Crippen LogP contribution is 2.36. The summed E-state index contributed by atoms with van der Waals surface area (Å²) >= 11 is 0. The highest BCUT2D eigenvalue weighted by molar-refractivity contribution is 7.46. The summed E-state index contributed by atoms with van der Waals surface area (Å²) in [5.41, 5.74) is 0. The number of allylic oxidation sites excluding steroid dienone is 4. The van der Waals surface area contributed by atoms with Crippen LogP contribution in [0.4, 0.5) is 0 Å². The number of carbonyl (C=O) groups is 2. The molecule has 0 unspecified atom stereocenters. The van der Waals surface area contributed by atoms with E-state index in [4.69, 9.17) is 19.3 Å². The normalized spacial score (nSPS) is 12.7. The molecule has 2 N–H and O–H groups in total. The third-order valence-corrected chi connectivity index (χ3v) is 8.21. The fourth-order valence-corrected chi connectivity index (χ4v) is 5.35. The molecule has 0 rings (SSSR count). The van der Waals surface area contributed by atoms with E-state index >= 15 is 0 Å². The van der Waals surface area contributed by atoms with E-state index in [2.05, 4.69) is 42.7 Å². The molecular weight excluding hydrogens is 591 g/mol. The molecule has 264 valence electrons. The topological polar surface area (TPSA) is 119 Å². The molecule has 0 amide bonds. The van der Waals surface area contributed by atoms with E-state index in [1.165, 1.54) is 83.5 Å². The maximum atomic E-state index is 12.3. The van der Waals surface area contributed by atoms with Crippen molar-refractivity contribution in [2.75, 3.05) is 13.2 Å². The molecule has 0 radical (unpaired) electrons. The van der Waals surface area contributed by atoms with Crippen LogP contribution in [0.1, 0.15) is 174 Å². The Kier molecular flexibility index (Phi) is 31.4. The highest BCUT2D eigenvalue weighted by Gasteiger charge is 2.22. The number of hydrogen-bond acceptors (Lipinski definition) is 6. The quantitative estimate of drug-likeness (QED) is 0.0309. The molecule has 0 aromatic rings. The lowest BCUT2D eigenvalue weighted by Crippen LogP contribution is -2.29. The van der Waals surface area contributed by atoms with E-state index in [-0.39, 0.29) is 19.4 Å². The van der Waals surface area contributed by atoms with Crippen molar-refractivity contribution in [2.24, 2.45) is 0 Å². The average Bonchev–Trinajstić information content (AvgIpc) is 3.00. The lowest BCUT2D eigenvalue weighted by molar-refractivity contribution is -0.161. The summed E-state index contributed by atoms with van der Waals surface area (Å²) in [6.45, 7) is 3.62. The number of esters is 2. The van der Waals surface area contributed by atoms with Crippen molar-refractivity contribution >= 4 is 19.8 Å². The van der Waals surface area contributed by atoms with Crippen molar-refractivity contribution in [3.8, 4) is 0 Å². The number of hydrogen-bond donors (Lipinski definition) is 2. The lowest BCUT2D eigenvalue weighted by Gasteiger charge is -2.18. The molecule has 45 heavy (non-hydrogen) atoms. The zero-order valence-electron chi connectivity index (χ0n) is 28.8. The molecule has 0 aliphatic heterocycles. The molecule has 0 fully saturated rings. The van der Waals surface area contributed by atoms with Crippen LogP contribution in [0.25, 0.3) is 0 Å². The largest absolute Gasteiger partial charge is 0.469 e. The molecule has 0 heterocycles. The predicted molar refractivity (Wildman–Crippen MR) is 184 cm³/mol. The Bertz CT molecular complexity index is 792. The molecule has 0 bridgehead atoms. The zero-order valence-corrected chi connectivity index (χ0v) is 29.7. The molecule has 0 aliphatic carbocycles. The van der Waals surface area contributed by atoms with E-state index in [9.17, 15) is 14.2 Å². The SMILES string of the molecule is CCCCC/C=C\C/C=C\CCCCCCCCCC(=O)OC[C@H](COP(=O)(O)O)OC(=O)CCCCCCCCCCCC. The molecule has 0 spiro atoms. The van der Waals surface area contributed by atoms with Gasteiger partial charge in [0.2, 0.25) is 0 Å². The fourth-order valence-electron chi connectivity index (χ4n) is 4.99.